The fourth-order valence-corrected chi connectivity index (χ4v) is 1.73. The molecule has 0 aliphatic rings. The number of hydrogen-bond acceptors (Lipinski definition) is 6. The van der Waals surface area contributed by atoms with Crippen LogP contribution < -0.4 is 5.84 Å². The van der Waals surface area contributed by atoms with E-state index in [0.717, 1.165) is 5.56 Å². The summed E-state index contributed by atoms with van der Waals surface area (Å²) in [6.45, 7) is 5.16. The first kappa shape index (κ1) is 17.6. The number of carbonyl (C=O) groups excluding carboxylic acids is 3. The van der Waals surface area contributed by atoms with Crippen molar-refractivity contribution in [1.82, 2.24) is 5.01 Å². The molecule has 0 heterocycles. The first-order valence-corrected chi connectivity index (χ1v) is 6.90. The Hall–Kier alpha value is -2.41. The van der Waals surface area contributed by atoms with Crippen LogP contribution in [0.2, 0.25) is 0 Å². The summed E-state index contributed by atoms with van der Waals surface area (Å²) >= 11 is 0. The molecule has 0 saturated carbocycles. The van der Waals surface area contributed by atoms with Crippen LogP contribution in [0.15, 0.2) is 24.3 Å². The Bertz CT molecular complexity index is 523. The lowest BCUT2D eigenvalue weighted by Crippen LogP contribution is -2.54. The number of benzene rings is 1. The van der Waals surface area contributed by atoms with E-state index in [4.69, 9.17) is 15.3 Å². The van der Waals surface area contributed by atoms with Crippen molar-refractivity contribution in [3.63, 3.8) is 0 Å². The van der Waals surface area contributed by atoms with Gasteiger partial charge in [-0.3, -0.25) is 9.80 Å². The third-order valence-corrected chi connectivity index (χ3v) is 2.83. The quantitative estimate of drug-likeness (QED) is 0.274. The summed E-state index contributed by atoms with van der Waals surface area (Å²) in [6, 6.07) is 4.94. The minimum atomic E-state index is -1.63. The van der Waals surface area contributed by atoms with E-state index in [1.165, 1.54) is 0 Å². The summed E-state index contributed by atoms with van der Waals surface area (Å²) < 4.78 is 9.57. The van der Waals surface area contributed by atoms with Crippen molar-refractivity contribution in [2.75, 3.05) is 13.2 Å². The summed E-state index contributed by atoms with van der Waals surface area (Å²) in [6.07, 6.45) is 0. The maximum Gasteiger partial charge on any atom is 0.342 e. The molecule has 1 aromatic carbocycles. The number of ether oxygens (including phenoxy) is 2. The number of carbonyl (C=O) groups is 3. The van der Waals surface area contributed by atoms with E-state index in [-0.39, 0.29) is 18.8 Å². The third kappa shape index (κ3) is 4.29. The number of nitrogens with two attached hydrogens (primary N) is 1. The van der Waals surface area contributed by atoms with E-state index in [1.807, 2.05) is 6.92 Å². The van der Waals surface area contributed by atoms with Crippen molar-refractivity contribution < 1.29 is 23.9 Å². The lowest BCUT2D eigenvalue weighted by Gasteiger charge is -2.24. The first-order valence-electron chi connectivity index (χ1n) is 6.90. The molecule has 0 atom stereocenters. The van der Waals surface area contributed by atoms with E-state index in [0.29, 0.717) is 5.01 Å². The Morgan fingerprint density at radius 2 is 1.50 bits per heavy atom. The van der Waals surface area contributed by atoms with Gasteiger partial charge in [-0.15, -0.1) is 0 Å². The maximum atomic E-state index is 12.3. The predicted octanol–water partition coefficient (Wildman–Crippen LogP) is 0.806. The SMILES string of the molecule is CCOC(=O)C(C(=O)OCC)N(N)C(=O)c1ccc(C)cc1. The lowest BCUT2D eigenvalue weighted by molar-refractivity contribution is -0.162. The van der Waals surface area contributed by atoms with Crippen LogP contribution in [0, 0.1) is 6.92 Å². The fourth-order valence-electron chi connectivity index (χ4n) is 1.73. The Kier molecular flexibility index (Phi) is 6.52. The van der Waals surface area contributed by atoms with Crippen molar-refractivity contribution in [3.8, 4) is 0 Å². The van der Waals surface area contributed by atoms with E-state index in [9.17, 15) is 14.4 Å². The molecule has 0 aromatic heterocycles. The molecule has 0 aliphatic carbocycles. The van der Waals surface area contributed by atoms with Gasteiger partial charge in [0.25, 0.3) is 5.91 Å². The second-order valence-electron chi connectivity index (χ2n) is 4.49. The molecule has 1 rings (SSSR count). The van der Waals surface area contributed by atoms with Gasteiger partial charge in [-0.25, -0.2) is 15.4 Å². The highest BCUT2D eigenvalue weighted by molar-refractivity contribution is 6.05. The summed E-state index contributed by atoms with van der Waals surface area (Å²) in [5.41, 5.74) is 1.22. The Morgan fingerprint density at radius 3 is 1.91 bits per heavy atom. The number of hydrazine groups is 1. The van der Waals surface area contributed by atoms with Crippen LogP contribution in [0.4, 0.5) is 0 Å². The van der Waals surface area contributed by atoms with E-state index < -0.39 is 23.9 Å². The van der Waals surface area contributed by atoms with Crippen molar-refractivity contribution in [2.45, 2.75) is 26.8 Å². The number of esters is 2. The van der Waals surface area contributed by atoms with Crippen LogP contribution in [-0.4, -0.2) is 42.1 Å². The standard InChI is InChI=1S/C15H20N2O5/c1-4-21-14(19)12(15(20)22-5-2)17(16)13(18)11-8-6-10(3)7-9-11/h6-9,12H,4-5,16H2,1-3H3. The molecule has 0 unspecified atom stereocenters. The lowest BCUT2D eigenvalue weighted by atomic mass is 10.1. The smallest absolute Gasteiger partial charge is 0.342 e. The van der Waals surface area contributed by atoms with Gasteiger partial charge in [0.2, 0.25) is 6.04 Å². The fraction of sp³-hybridized carbons (Fsp3) is 0.400. The molecule has 7 nitrogen and oxygen atoms in total. The molecule has 0 spiro atoms. The molecule has 0 fully saturated rings. The molecule has 0 saturated heterocycles. The average Bonchev–Trinajstić information content (AvgIpc) is 2.48. The van der Waals surface area contributed by atoms with Crippen LogP contribution in [0.1, 0.15) is 29.8 Å². The molecule has 120 valence electrons. The molecule has 0 radical (unpaired) electrons. The van der Waals surface area contributed by atoms with E-state index in [2.05, 4.69) is 0 Å². The van der Waals surface area contributed by atoms with Crippen molar-refractivity contribution >= 4 is 17.8 Å². The zero-order chi connectivity index (χ0) is 16.7. The van der Waals surface area contributed by atoms with E-state index in [1.54, 1.807) is 38.1 Å². The van der Waals surface area contributed by atoms with Crippen LogP contribution in [-0.2, 0) is 19.1 Å². The molecule has 2 N–H and O–H groups in total. The van der Waals surface area contributed by atoms with Gasteiger partial charge in [0.1, 0.15) is 0 Å². The third-order valence-electron chi connectivity index (χ3n) is 2.83. The Labute approximate surface area is 128 Å². The summed E-state index contributed by atoms with van der Waals surface area (Å²) in [5.74, 6) is 3.15. The highest BCUT2D eigenvalue weighted by Gasteiger charge is 2.37. The molecule has 0 bridgehead atoms. The van der Waals surface area contributed by atoms with Gasteiger partial charge in [0, 0.05) is 5.56 Å². The molecule has 1 amide bonds. The minimum absolute atomic E-state index is 0.0568. The number of amides is 1. The molecular weight excluding hydrogens is 288 g/mol. The molecule has 1 aromatic rings. The predicted molar refractivity (Wildman–Crippen MR) is 78.6 cm³/mol. The topological polar surface area (TPSA) is 98.9 Å². The molecule has 22 heavy (non-hydrogen) atoms. The molecule has 7 heteroatoms. The van der Waals surface area contributed by atoms with Crippen LogP contribution in [0.3, 0.4) is 0 Å². The van der Waals surface area contributed by atoms with Crippen LogP contribution in [0.5, 0.6) is 0 Å². The minimum Gasteiger partial charge on any atom is -0.464 e. The van der Waals surface area contributed by atoms with Crippen LogP contribution in [0.25, 0.3) is 0 Å². The summed E-state index contributed by atoms with van der Waals surface area (Å²) in [5, 5.41) is 0.542. The van der Waals surface area contributed by atoms with Gasteiger partial charge >= 0.3 is 11.9 Å². The van der Waals surface area contributed by atoms with Gasteiger partial charge in [0.05, 0.1) is 13.2 Å². The largest absolute Gasteiger partial charge is 0.464 e. The van der Waals surface area contributed by atoms with Gasteiger partial charge in [0.15, 0.2) is 0 Å². The average molecular weight is 308 g/mol. The second-order valence-corrected chi connectivity index (χ2v) is 4.49. The van der Waals surface area contributed by atoms with Gasteiger partial charge in [-0.05, 0) is 32.9 Å². The van der Waals surface area contributed by atoms with Crippen LogP contribution >= 0.6 is 0 Å². The number of rotatable bonds is 6. The molecule has 0 aliphatic heterocycles. The Morgan fingerprint density at radius 1 is 1.05 bits per heavy atom. The zero-order valence-electron chi connectivity index (χ0n) is 12.9. The van der Waals surface area contributed by atoms with Gasteiger partial charge in [-0.2, -0.15) is 0 Å². The maximum absolute atomic E-state index is 12.3. The number of hydrogen-bond donors (Lipinski definition) is 1. The highest BCUT2D eigenvalue weighted by Crippen LogP contribution is 2.09. The van der Waals surface area contributed by atoms with Crippen molar-refractivity contribution in [2.24, 2.45) is 5.84 Å². The summed E-state index contributed by atoms with van der Waals surface area (Å²) in [7, 11) is 0. The van der Waals surface area contributed by atoms with Crippen molar-refractivity contribution in [3.05, 3.63) is 35.4 Å². The van der Waals surface area contributed by atoms with Crippen molar-refractivity contribution in [1.29, 1.82) is 0 Å². The number of nitrogens with zero attached hydrogens (tertiary/aromatic N) is 1. The van der Waals surface area contributed by atoms with Gasteiger partial charge < -0.3 is 9.47 Å². The second kappa shape index (κ2) is 8.14. The molecular formula is C15H20N2O5. The highest BCUT2D eigenvalue weighted by atomic mass is 16.6. The Balaban J connectivity index is 3.01. The zero-order valence-corrected chi connectivity index (χ0v) is 12.9. The first-order chi connectivity index (χ1) is 10.4. The number of aryl methyl sites for hydroxylation is 1. The normalized spacial score (nSPS) is 10.2. The van der Waals surface area contributed by atoms with E-state index >= 15 is 0 Å². The monoisotopic (exact) mass is 308 g/mol. The van der Waals surface area contributed by atoms with Gasteiger partial charge in [-0.1, -0.05) is 17.7 Å². The summed E-state index contributed by atoms with van der Waals surface area (Å²) in [4.78, 5) is 36.1.